The lowest BCUT2D eigenvalue weighted by Gasteiger charge is -2.12. The minimum atomic E-state index is -0.162. The molecule has 0 radical (unpaired) electrons. The van der Waals surface area contributed by atoms with Crippen LogP contribution in [0.3, 0.4) is 0 Å². The number of amides is 2. The van der Waals surface area contributed by atoms with Gasteiger partial charge in [-0.05, 0) is 36.9 Å². The van der Waals surface area contributed by atoms with E-state index in [2.05, 4.69) is 15.6 Å². The molecule has 0 aliphatic carbocycles. The Morgan fingerprint density at radius 2 is 2.24 bits per heavy atom. The fraction of sp³-hybridized carbons (Fsp3) is 0.308. The van der Waals surface area contributed by atoms with Gasteiger partial charge in [0.1, 0.15) is 0 Å². The molecule has 2 rings (SSSR count). The van der Waals surface area contributed by atoms with E-state index in [1.807, 2.05) is 44.3 Å². The average Bonchev–Trinajstić information content (AvgIpc) is 2.75. The Kier molecular flexibility index (Phi) is 3.32. The van der Waals surface area contributed by atoms with E-state index >= 15 is 0 Å². The average molecular weight is 231 g/mol. The lowest BCUT2D eigenvalue weighted by molar-refractivity contribution is 0.249. The Morgan fingerprint density at radius 3 is 3.00 bits per heavy atom. The van der Waals surface area contributed by atoms with Gasteiger partial charge in [0.25, 0.3) is 0 Å². The topological polar surface area (TPSA) is 56.9 Å². The van der Waals surface area contributed by atoms with Crippen LogP contribution in [0.1, 0.15) is 20.3 Å². The van der Waals surface area contributed by atoms with Gasteiger partial charge < -0.3 is 15.6 Å². The van der Waals surface area contributed by atoms with Crippen molar-refractivity contribution in [3.8, 4) is 0 Å². The summed E-state index contributed by atoms with van der Waals surface area (Å²) in [5, 5.41) is 6.82. The number of nitrogens with one attached hydrogen (secondary N) is 3. The van der Waals surface area contributed by atoms with E-state index in [4.69, 9.17) is 0 Å². The van der Waals surface area contributed by atoms with E-state index in [0.717, 1.165) is 23.0 Å². The first kappa shape index (κ1) is 11.5. The van der Waals surface area contributed by atoms with Crippen molar-refractivity contribution >= 4 is 22.6 Å². The molecule has 0 saturated heterocycles. The number of hydrogen-bond donors (Lipinski definition) is 3. The fourth-order valence-electron chi connectivity index (χ4n) is 1.62. The predicted molar refractivity (Wildman–Crippen MR) is 70.2 cm³/mol. The lowest BCUT2D eigenvalue weighted by Crippen LogP contribution is -2.35. The van der Waals surface area contributed by atoms with Crippen LogP contribution in [0.4, 0.5) is 10.5 Å². The third kappa shape index (κ3) is 2.78. The Hall–Kier alpha value is -1.97. The van der Waals surface area contributed by atoms with Crippen LogP contribution in [0, 0.1) is 0 Å². The highest BCUT2D eigenvalue weighted by molar-refractivity contribution is 5.92. The molecule has 17 heavy (non-hydrogen) atoms. The molecule has 90 valence electrons. The van der Waals surface area contributed by atoms with Gasteiger partial charge in [0, 0.05) is 23.4 Å². The van der Waals surface area contributed by atoms with Gasteiger partial charge in [-0.25, -0.2) is 4.79 Å². The molecular weight excluding hydrogens is 214 g/mol. The Balaban J connectivity index is 2.05. The summed E-state index contributed by atoms with van der Waals surface area (Å²) in [5.74, 6) is 0. The highest BCUT2D eigenvalue weighted by Gasteiger charge is 2.05. The van der Waals surface area contributed by atoms with Crippen LogP contribution >= 0.6 is 0 Å². The van der Waals surface area contributed by atoms with Gasteiger partial charge in [-0.2, -0.15) is 0 Å². The number of hydrogen-bond acceptors (Lipinski definition) is 1. The molecule has 2 aromatic rings. The number of anilines is 1. The Bertz CT molecular complexity index is 518. The SMILES string of the molecule is CC[C@H](C)NC(=O)Nc1ccc2cc[nH]c2c1. The molecule has 1 heterocycles. The number of fused-ring (bicyclic) bond motifs is 1. The molecular formula is C13H17N3O. The summed E-state index contributed by atoms with van der Waals surface area (Å²) < 4.78 is 0. The number of benzene rings is 1. The molecule has 0 aliphatic heterocycles. The first-order valence-electron chi connectivity index (χ1n) is 5.83. The molecule has 1 aromatic carbocycles. The molecule has 0 bridgehead atoms. The standard InChI is InChI=1S/C13H17N3O/c1-3-9(2)15-13(17)16-11-5-4-10-6-7-14-12(10)8-11/h4-9,14H,3H2,1-2H3,(H2,15,16,17)/t9-/m0/s1. The normalized spacial score (nSPS) is 12.4. The van der Waals surface area contributed by atoms with Crippen LogP contribution in [0.15, 0.2) is 30.5 Å². The number of carbonyl (C=O) groups excluding carboxylic acids is 1. The maximum Gasteiger partial charge on any atom is 0.319 e. The van der Waals surface area contributed by atoms with Gasteiger partial charge in [0.2, 0.25) is 0 Å². The van der Waals surface area contributed by atoms with Crippen LogP contribution in [-0.4, -0.2) is 17.1 Å². The lowest BCUT2D eigenvalue weighted by atomic mass is 10.2. The number of urea groups is 1. The van der Waals surface area contributed by atoms with Crippen molar-refractivity contribution in [2.24, 2.45) is 0 Å². The van der Waals surface area contributed by atoms with Crippen molar-refractivity contribution in [1.29, 1.82) is 0 Å². The second-order valence-electron chi connectivity index (χ2n) is 4.19. The summed E-state index contributed by atoms with van der Waals surface area (Å²) in [6.07, 6.45) is 2.80. The highest BCUT2D eigenvalue weighted by atomic mass is 16.2. The fourth-order valence-corrected chi connectivity index (χ4v) is 1.62. The van der Waals surface area contributed by atoms with Crippen molar-refractivity contribution in [2.75, 3.05) is 5.32 Å². The maximum absolute atomic E-state index is 11.6. The first-order valence-corrected chi connectivity index (χ1v) is 5.83. The summed E-state index contributed by atoms with van der Waals surface area (Å²) in [5.41, 5.74) is 1.81. The monoisotopic (exact) mass is 231 g/mol. The van der Waals surface area contributed by atoms with Gasteiger partial charge in [0.15, 0.2) is 0 Å². The van der Waals surface area contributed by atoms with Crippen molar-refractivity contribution in [3.05, 3.63) is 30.5 Å². The minimum absolute atomic E-state index is 0.162. The van der Waals surface area contributed by atoms with Crippen molar-refractivity contribution < 1.29 is 4.79 Å². The van der Waals surface area contributed by atoms with E-state index in [0.29, 0.717) is 0 Å². The van der Waals surface area contributed by atoms with Gasteiger partial charge in [-0.3, -0.25) is 0 Å². The van der Waals surface area contributed by atoms with Gasteiger partial charge in [-0.15, -0.1) is 0 Å². The van der Waals surface area contributed by atoms with Crippen LogP contribution in [-0.2, 0) is 0 Å². The number of rotatable bonds is 3. The molecule has 3 N–H and O–H groups in total. The quantitative estimate of drug-likeness (QED) is 0.747. The molecule has 2 amide bonds. The zero-order valence-corrected chi connectivity index (χ0v) is 10.1. The second kappa shape index (κ2) is 4.91. The van der Waals surface area contributed by atoms with Crippen molar-refractivity contribution in [1.82, 2.24) is 10.3 Å². The maximum atomic E-state index is 11.6. The largest absolute Gasteiger partial charge is 0.361 e. The first-order chi connectivity index (χ1) is 8.19. The summed E-state index contributed by atoms with van der Waals surface area (Å²) >= 11 is 0. The number of aromatic nitrogens is 1. The molecule has 0 fully saturated rings. The second-order valence-corrected chi connectivity index (χ2v) is 4.19. The van der Waals surface area contributed by atoms with E-state index in [9.17, 15) is 4.79 Å². The molecule has 4 nitrogen and oxygen atoms in total. The molecule has 0 unspecified atom stereocenters. The number of aromatic amines is 1. The molecule has 0 aliphatic rings. The molecule has 1 atom stereocenters. The smallest absolute Gasteiger partial charge is 0.319 e. The third-order valence-corrected chi connectivity index (χ3v) is 2.80. The third-order valence-electron chi connectivity index (χ3n) is 2.80. The summed E-state index contributed by atoms with van der Waals surface area (Å²) in [6.45, 7) is 4.02. The summed E-state index contributed by atoms with van der Waals surface area (Å²) in [7, 11) is 0. The van der Waals surface area contributed by atoms with Crippen LogP contribution in [0.2, 0.25) is 0 Å². The molecule has 0 saturated carbocycles. The van der Waals surface area contributed by atoms with E-state index in [-0.39, 0.29) is 12.1 Å². The zero-order valence-electron chi connectivity index (χ0n) is 10.1. The van der Waals surface area contributed by atoms with Crippen LogP contribution in [0.25, 0.3) is 10.9 Å². The highest BCUT2D eigenvalue weighted by Crippen LogP contribution is 2.17. The van der Waals surface area contributed by atoms with Crippen LogP contribution in [0.5, 0.6) is 0 Å². The molecule has 0 spiro atoms. The number of carbonyl (C=O) groups is 1. The Labute approximate surface area is 100 Å². The van der Waals surface area contributed by atoms with Crippen LogP contribution < -0.4 is 10.6 Å². The zero-order chi connectivity index (χ0) is 12.3. The molecule has 4 heteroatoms. The number of H-pyrrole nitrogens is 1. The van der Waals surface area contributed by atoms with E-state index in [1.54, 1.807) is 0 Å². The summed E-state index contributed by atoms with van der Waals surface area (Å²) in [4.78, 5) is 14.7. The van der Waals surface area contributed by atoms with E-state index < -0.39 is 0 Å². The van der Waals surface area contributed by atoms with Crippen molar-refractivity contribution in [2.45, 2.75) is 26.3 Å². The van der Waals surface area contributed by atoms with Gasteiger partial charge in [-0.1, -0.05) is 13.0 Å². The van der Waals surface area contributed by atoms with Gasteiger partial charge >= 0.3 is 6.03 Å². The molecule has 1 aromatic heterocycles. The minimum Gasteiger partial charge on any atom is -0.361 e. The van der Waals surface area contributed by atoms with E-state index in [1.165, 1.54) is 0 Å². The van der Waals surface area contributed by atoms with Crippen molar-refractivity contribution in [3.63, 3.8) is 0 Å². The predicted octanol–water partition coefficient (Wildman–Crippen LogP) is 3.09. The Morgan fingerprint density at radius 1 is 1.41 bits per heavy atom. The summed E-state index contributed by atoms with van der Waals surface area (Å²) in [6, 6.07) is 7.82. The van der Waals surface area contributed by atoms with Gasteiger partial charge in [0.05, 0.1) is 0 Å².